The lowest BCUT2D eigenvalue weighted by atomic mass is 10.00. The van der Waals surface area contributed by atoms with Crippen molar-refractivity contribution >= 4 is 12.5 Å². The van der Waals surface area contributed by atoms with Crippen LogP contribution < -0.4 is 5.32 Å². The molecule has 1 aliphatic rings. The number of rotatable bonds is 4. The second-order valence-electron chi connectivity index (χ2n) is 3.67. The molecule has 1 fully saturated rings. The van der Waals surface area contributed by atoms with E-state index in [9.17, 15) is 9.59 Å². The lowest BCUT2D eigenvalue weighted by Crippen LogP contribution is -2.44. The van der Waals surface area contributed by atoms with Gasteiger partial charge in [0.15, 0.2) is 0 Å². The number of carbonyl (C=O) groups is 2. The Morgan fingerprint density at radius 1 is 1.60 bits per heavy atom. The standard InChI is InChI=1S/C10H18N2O3/c1-15-10(14)12-7-3-2-4-9(12)5-6-11-8-13/h8-9H,2-7H2,1H3,(H,11,13). The van der Waals surface area contributed by atoms with Crippen LogP contribution >= 0.6 is 0 Å². The molecule has 0 radical (unpaired) electrons. The number of piperidine rings is 1. The maximum atomic E-state index is 11.4. The topological polar surface area (TPSA) is 58.6 Å². The van der Waals surface area contributed by atoms with Gasteiger partial charge < -0.3 is 15.0 Å². The quantitative estimate of drug-likeness (QED) is 0.554. The molecule has 1 heterocycles. The third-order valence-electron chi connectivity index (χ3n) is 2.74. The minimum Gasteiger partial charge on any atom is -0.453 e. The van der Waals surface area contributed by atoms with Crippen LogP contribution in [0.15, 0.2) is 0 Å². The molecule has 2 amide bonds. The minimum absolute atomic E-state index is 0.207. The van der Waals surface area contributed by atoms with Crippen LogP contribution in [0.1, 0.15) is 25.7 Å². The van der Waals surface area contributed by atoms with Crippen molar-refractivity contribution in [1.29, 1.82) is 0 Å². The van der Waals surface area contributed by atoms with Crippen LogP contribution in [0.4, 0.5) is 4.79 Å². The predicted molar refractivity (Wildman–Crippen MR) is 55.4 cm³/mol. The lowest BCUT2D eigenvalue weighted by Gasteiger charge is -2.34. The zero-order valence-electron chi connectivity index (χ0n) is 9.07. The van der Waals surface area contributed by atoms with Gasteiger partial charge in [-0.15, -0.1) is 0 Å². The summed E-state index contributed by atoms with van der Waals surface area (Å²) in [6.07, 6.45) is 4.40. The van der Waals surface area contributed by atoms with Gasteiger partial charge in [-0.2, -0.15) is 0 Å². The normalized spacial score (nSPS) is 20.9. The third-order valence-corrected chi connectivity index (χ3v) is 2.74. The Kier molecular flexibility index (Phi) is 4.93. The van der Waals surface area contributed by atoms with Crippen LogP contribution in [-0.4, -0.2) is 43.6 Å². The molecule has 5 heteroatoms. The fourth-order valence-corrected chi connectivity index (χ4v) is 1.97. The van der Waals surface area contributed by atoms with E-state index < -0.39 is 0 Å². The number of amides is 2. The molecule has 5 nitrogen and oxygen atoms in total. The third kappa shape index (κ3) is 3.42. The molecule has 86 valence electrons. The van der Waals surface area contributed by atoms with Gasteiger partial charge >= 0.3 is 6.09 Å². The van der Waals surface area contributed by atoms with Crippen molar-refractivity contribution in [2.45, 2.75) is 31.7 Å². The highest BCUT2D eigenvalue weighted by atomic mass is 16.5. The van der Waals surface area contributed by atoms with E-state index >= 15 is 0 Å². The minimum atomic E-state index is -0.259. The van der Waals surface area contributed by atoms with Crippen molar-refractivity contribution in [2.24, 2.45) is 0 Å². The Labute approximate surface area is 89.8 Å². The molecule has 1 unspecified atom stereocenters. The van der Waals surface area contributed by atoms with Crippen molar-refractivity contribution in [3.63, 3.8) is 0 Å². The molecule has 0 aromatic heterocycles. The zero-order chi connectivity index (χ0) is 11.1. The average molecular weight is 214 g/mol. The monoisotopic (exact) mass is 214 g/mol. The van der Waals surface area contributed by atoms with Gasteiger partial charge in [-0.05, 0) is 25.7 Å². The van der Waals surface area contributed by atoms with Crippen LogP contribution in [-0.2, 0) is 9.53 Å². The van der Waals surface area contributed by atoms with Crippen molar-refractivity contribution in [3.8, 4) is 0 Å². The van der Waals surface area contributed by atoms with Crippen LogP contribution in [0.5, 0.6) is 0 Å². The number of nitrogens with one attached hydrogen (secondary N) is 1. The summed E-state index contributed by atoms with van der Waals surface area (Å²) in [6, 6.07) is 0.207. The van der Waals surface area contributed by atoms with E-state index in [-0.39, 0.29) is 12.1 Å². The number of hydrogen-bond donors (Lipinski definition) is 1. The lowest BCUT2D eigenvalue weighted by molar-refractivity contribution is -0.109. The molecule has 1 atom stereocenters. The molecule has 0 spiro atoms. The summed E-state index contributed by atoms with van der Waals surface area (Å²) in [4.78, 5) is 23.3. The molecule has 1 saturated heterocycles. The van der Waals surface area contributed by atoms with Crippen molar-refractivity contribution < 1.29 is 14.3 Å². The van der Waals surface area contributed by atoms with Gasteiger partial charge in [0.2, 0.25) is 6.41 Å². The first-order valence-corrected chi connectivity index (χ1v) is 5.31. The molecule has 1 rings (SSSR count). The van der Waals surface area contributed by atoms with Gasteiger partial charge in [-0.25, -0.2) is 4.79 Å². The second-order valence-corrected chi connectivity index (χ2v) is 3.67. The molecular formula is C10H18N2O3. The summed E-state index contributed by atoms with van der Waals surface area (Å²) in [5.41, 5.74) is 0. The fourth-order valence-electron chi connectivity index (χ4n) is 1.97. The average Bonchev–Trinajstić information content (AvgIpc) is 2.29. The first kappa shape index (κ1) is 11.8. The molecule has 1 aliphatic heterocycles. The summed E-state index contributed by atoms with van der Waals surface area (Å²) in [5.74, 6) is 0. The van der Waals surface area contributed by atoms with E-state index in [1.54, 1.807) is 4.90 Å². The molecule has 15 heavy (non-hydrogen) atoms. The maximum absolute atomic E-state index is 11.4. The van der Waals surface area contributed by atoms with E-state index in [4.69, 9.17) is 4.74 Å². The smallest absolute Gasteiger partial charge is 0.409 e. The van der Waals surface area contributed by atoms with E-state index in [0.29, 0.717) is 13.0 Å². The number of hydrogen-bond acceptors (Lipinski definition) is 3. The van der Waals surface area contributed by atoms with Gasteiger partial charge in [0, 0.05) is 19.1 Å². The van der Waals surface area contributed by atoms with Crippen LogP contribution in [0.3, 0.4) is 0 Å². The Balaban J connectivity index is 2.42. The number of carbonyl (C=O) groups excluding carboxylic acids is 2. The van der Waals surface area contributed by atoms with Crippen molar-refractivity contribution in [1.82, 2.24) is 10.2 Å². The van der Waals surface area contributed by atoms with Crippen molar-refractivity contribution in [2.75, 3.05) is 20.2 Å². The van der Waals surface area contributed by atoms with E-state index in [0.717, 1.165) is 32.2 Å². The first-order valence-electron chi connectivity index (χ1n) is 5.31. The van der Waals surface area contributed by atoms with Gasteiger partial charge in [-0.3, -0.25) is 4.79 Å². The van der Waals surface area contributed by atoms with Crippen LogP contribution in [0.25, 0.3) is 0 Å². The van der Waals surface area contributed by atoms with Gasteiger partial charge in [-0.1, -0.05) is 0 Å². The number of methoxy groups -OCH3 is 1. The van der Waals surface area contributed by atoms with E-state index in [1.807, 2.05) is 0 Å². The Morgan fingerprint density at radius 2 is 2.40 bits per heavy atom. The Bertz CT molecular complexity index is 221. The molecule has 0 aliphatic carbocycles. The maximum Gasteiger partial charge on any atom is 0.409 e. The summed E-state index contributed by atoms with van der Waals surface area (Å²) in [5, 5.41) is 2.61. The molecule has 0 saturated carbocycles. The summed E-state index contributed by atoms with van der Waals surface area (Å²) >= 11 is 0. The summed E-state index contributed by atoms with van der Waals surface area (Å²) in [6.45, 7) is 1.38. The number of likely N-dealkylation sites (tertiary alicyclic amines) is 1. The van der Waals surface area contributed by atoms with Crippen LogP contribution in [0, 0.1) is 0 Å². The van der Waals surface area contributed by atoms with Gasteiger partial charge in [0.1, 0.15) is 0 Å². The van der Waals surface area contributed by atoms with E-state index in [2.05, 4.69) is 5.32 Å². The van der Waals surface area contributed by atoms with Crippen LogP contribution in [0.2, 0.25) is 0 Å². The van der Waals surface area contributed by atoms with Crippen molar-refractivity contribution in [3.05, 3.63) is 0 Å². The Morgan fingerprint density at radius 3 is 3.07 bits per heavy atom. The fraction of sp³-hybridized carbons (Fsp3) is 0.800. The summed E-state index contributed by atoms with van der Waals surface area (Å²) < 4.78 is 4.72. The SMILES string of the molecule is COC(=O)N1CCCCC1CCNC=O. The number of nitrogens with zero attached hydrogens (tertiary/aromatic N) is 1. The zero-order valence-corrected chi connectivity index (χ0v) is 9.07. The second kappa shape index (κ2) is 6.27. The molecule has 1 N–H and O–H groups in total. The van der Waals surface area contributed by atoms with Gasteiger partial charge in [0.05, 0.1) is 7.11 Å². The predicted octanol–water partition coefficient (Wildman–Crippen LogP) is 0.743. The molecule has 0 aromatic carbocycles. The Hall–Kier alpha value is -1.26. The molecular weight excluding hydrogens is 196 g/mol. The highest BCUT2D eigenvalue weighted by Gasteiger charge is 2.26. The molecule has 0 aromatic rings. The summed E-state index contributed by atoms with van der Waals surface area (Å²) in [7, 11) is 1.40. The first-order chi connectivity index (χ1) is 7.29. The highest BCUT2D eigenvalue weighted by Crippen LogP contribution is 2.19. The highest BCUT2D eigenvalue weighted by molar-refractivity contribution is 5.67. The van der Waals surface area contributed by atoms with E-state index in [1.165, 1.54) is 7.11 Å². The van der Waals surface area contributed by atoms with Gasteiger partial charge in [0.25, 0.3) is 0 Å². The number of ether oxygens (including phenoxy) is 1. The largest absolute Gasteiger partial charge is 0.453 e. The molecule has 0 bridgehead atoms.